The van der Waals surface area contributed by atoms with Crippen molar-refractivity contribution in [3.63, 3.8) is 0 Å². The lowest BCUT2D eigenvalue weighted by molar-refractivity contribution is -0.131. The molecule has 0 N–H and O–H groups in total. The summed E-state index contributed by atoms with van der Waals surface area (Å²) < 4.78 is 0. The lowest BCUT2D eigenvalue weighted by Crippen LogP contribution is -2.30. The number of amides is 1. The number of rotatable bonds is 9. The molecule has 4 heteroatoms. The van der Waals surface area contributed by atoms with Crippen molar-refractivity contribution < 1.29 is 4.79 Å². The summed E-state index contributed by atoms with van der Waals surface area (Å²) in [4.78, 5) is 18.6. The van der Waals surface area contributed by atoms with Crippen LogP contribution in [0.3, 0.4) is 0 Å². The Morgan fingerprint density at radius 3 is 2.59 bits per heavy atom. The van der Waals surface area contributed by atoms with E-state index in [2.05, 4.69) is 16.8 Å². The average molecular weight is 321 g/mol. The fourth-order valence-corrected chi connectivity index (χ4v) is 4.18. The van der Waals surface area contributed by atoms with Gasteiger partial charge in [-0.25, -0.2) is 0 Å². The Kier molecular flexibility index (Phi) is 7.78. The van der Waals surface area contributed by atoms with Crippen LogP contribution in [0.5, 0.6) is 0 Å². The van der Waals surface area contributed by atoms with Gasteiger partial charge in [-0.2, -0.15) is 0 Å². The Hall–Kier alpha value is -1.03. The molecule has 1 atom stereocenters. The van der Waals surface area contributed by atoms with Gasteiger partial charge in [0.2, 0.25) is 5.91 Å². The first kappa shape index (κ1) is 17.3. The van der Waals surface area contributed by atoms with Crippen LogP contribution in [-0.2, 0) is 4.79 Å². The minimum Gasteiger partial charge on any atom is -0.326 e. The largest absolute Gasteiger partial charge is 0.326 e. The Bertz CT molecular complexity index is 438. The van der Waals surface area contributed by atoms with Crippen molar-refractivity contribution in [1.82, 2.24) is 9.88 Å². The van der Waals surface area contributed by atoms with Crippen molar-refractivity contribution in [2.75, 3.05) is 12.3 Å². The van der Waals surface area contributed by atoms with E-state index in [4.69, 9.17) is 0 Å². The van der Waals surface area contributed by atoms with Crippen LogP contribution in [0.4, 0.5) is 0 Å². The highest BCUT2D eigenvalue weighted by molar-refractivity contribution is 7.99. The highest BCUT2D eigenvalue weighted by atomic mass is 32.2. The van der Waals surface area contributed by atoms with Gasteiger partial charge in [0.05, 0.1) is 0 Å². The van der Waals surface area contributed by atoms with Gasteiger partial charge in [-0.15, -0.1) is 11.8 Å². The van der Waals surface area contributed by atoms with Gasteiger partial charge in [0.1, 0.15) is 5.37 Å². The number of thioether (sulfide) groups is 1. The summed E-state index contributed by atoms with van der Waals surface area (Å²) in [7, 11) is 0. The summed E-state index contributed by atoms with van der Waals surface area (Å²) in [5.74, 6) is 1.36. The molecule has 1 saturated heterocycles. The molecule has 2 heterocycles. The van der Waals surface area contributed by atoms with Crippen molar-refractivity contribution in [2.45, 2.75) is 63.7 Å². The molecule has 0 aliphatic carbocycles. The van der Waals surface area contributed by atoms with Crippen LogP contribution < -0.4 is 0 Å². The molecule has 1 amide bonds. The van der Waals surface area contributed by atoms with Crippen LogP contribution >= 0.6 is 11.8 Å². The summed E-state index contributed by atoms with van der Waals surface area (Å²) in [6.07, 6.45) is 13.1. The Labute approximate surface area is 138 Å². The van der Waals surface area contributed by atoms with Gasteiger partial charge >= 0.3 is 0 Å². The van der Waals surface area contributed by atoms with Crippen molar-refractivity contribution in [3.05, 3.63) is 30.1 Å². The van der Waals surface area contributed by atoms with Gasteiger partial charge in [0, 0.05) is 31.1 Å². The second-order valence-electron chi connectivity index (χ2n) is 5.96. The summed E-state index contributed by atoms with van der Waals surface area (Å²) in [5.41, 5.74) is 1.20. The molecular formula is C18H28N2OS. The molecule has 1 aromatic heterocycles. The van der Waals surface area contributed by atoms with Crippen LogP contribution in [0.2, 0.25) is 0 Å². The maximum absolute atomic E-state index is 12.5. The molecule has 1 fully saturated rings. The number of hydrogen-bond donors (Lipinski definition) is 0. The molecule has 0 radical (unpaired) electrons. The van der Waals surface area contributed by atoms with E-state index < -0.39 is 0 Å². The summed E-state index contributed by atoms with van der Waals surface area (Å²) in [6, 6.07) is 4.05. The molecule has 0 saturated carbocycles. The molecule has 1 aliphatic heterocycles. The molecule has 0 bridgehead atoms. The maximum atomic E-state index is 12.5. The van der Waals surface area contributed by atoms with E-state index >= 15 is 0 Å². The summed E-state index contributed by atoms with van der Waals surface area (Å²) in [6.45, 7) is 3.12. The minimum absolute atomic E-state index is 0.194. The number of hydrogen-bond acceptors (Lipinski definition) is 3. The normalized spacial score (nSPS) is 17.9. The molecule has 0 aromatic carbocycles. The number of pyridine rings is 1. The molecule has 1 aromatic rings. The maximum Gasteiger partial charge on any atom is 0.223 e. The third-order valence-corrected chi connectivity index (χ3v) is 5.46. The zero-order valence-corrected chi connectivity index (χ0v) is 14.5. The molecule has 122 valence electrons. The second kappa shape index (κ2) is 9.88. The Morgan fingerprint density at radius 1 is 1.18 bits per heavy atom. The predicted molar refractivity (Wildman–Crippen MR) is 93.8 cm³/mol. The van der Waals surface area contributed by atoms with E-state index in [1.807, 2.05) is 36.3 Å². The van der Waals surface area contributed by atoms with Gasteiger partial charge in [-0.1, -0.05) is 45.4 Å². The van der Waals surface area contributed by atoms with Gasteiger partial charge in [-0.3, -0.25) is 9.78 Å². The Morgan fingerprint density at radius 2 is 1.86 bits per heavy atom. The fourth-order valence-electron chi connectivity index (χ4n) is 2.91. The van der Waals surface area contributed by atoms with E-state index in [1.165, 1.54) is 44.1 Å². The van der Waals surface area contributed by atoms with E-state index in [-0.39, 0.29) is 5.37 Å². The molecular weight excluding hydrogens is 292 g/mol. The molecule has 1 unspecified atom stereocenters. The van der Waals surface area contributed by atoms with Crippen molar-refractivity contribution in [1.29, 1.82) is 0 Å². The number of aromatic nitrogens is 1. The molecule has 2 rings (SSSR count). The molecule has 3 nitrogen and oxygen atoms in total. The van der Waals surface area contributed by atoms with E-state index in [0.29, 0.717) is 12.3 Å². The zero-order chi connectivity index (χ0) is 15.6. The zero-order valence-electron chi connectivity index (χ0n) is 13.7. The van der Waals surface area contributed by atoms with Crippen molar-refractivity contribution >= 4 is 17.7 Å². The highest BCUT2D eigenvalue weighted by Gasteiger charge is 2.29. The van der Waals surface area contributed by atoms with Crippen LogP contribution in [0, 0.1) is 0 Å². The second-order valence-corrected chi connectivity index (χ2v) is 7.15. The minimum atomic E-state index is 0.194. The van der Waals surface area contributed by atoms with E-state index in [0.717, 1.165) is 18.7 Å². The van der Waals surface area contributed by atoms with Gasteiger partial charge in [0.25, 0.3) is 0 Å². The highest BCUT2D eigenvalue weighted by Crippen LogP contribution is 2.38. The van der Waals surface area contributed by atoms with Crippen LogP contribution in [0.1, 0.15) is 69.2 Å². The third kappa shape index (κ3) is 5.31. The summed E-state index contributed by atoms with van der Waals surface area (Å²) >= 11 is 1.86. The van der Waals surface area contributed by atoms with Crippen LogP contribution in [0.15, 0.2) is 24.5 Å². The fraction of sp³-hybridized carbons (Fsp3) is 0.667. The SMILES string of the molecule is CCCCCCCCCC(=O)N1CCSC1c1ccncc1. The smallest absolute Gasteiger partial charge is 0.223 e. The number of nitrogens with zero attached hydrogens (tertiary/aromatic N) is 2. The molecule has 1 aliphatic rings. The summed E-state index contributed by atoms with van der Waals surface area (Å²) in [5, 5.41) is 0.194. The van der Waals surface area contributed by atoms with Gasteiger partial charge in [-0.05, 0) is 24.1 Å². The molecule has 22 heavy (non-hydrogen) atoms. The van der Waals surface area contributed by atoms with Gasteiger partial charge in [0.15, 0.2) is 0 Å². The first-order valence-electron chi connectivity index (χ1n) is 8.64. The first-order chi connectivity index (χ1) is 10.8. The lowest BCUT2D eigenvalue weighted by Gasteiger charge is -2.24. The molecule has 0 spiro atoms. The van der Waals surface area contributed by atoms with Crippen molar-refractivity contribution in [2.24, 2.45) is 0 Å². The topological polar surface area (TPSA) is 33.2 Å². The van der Waals surface area contributed by atoms with Gasteiger partial charge < -0.3 is 4.90 Å². The monoisotopic (exact) mass is 320 g/mol. The predicted octanol–water partition coefficient (Wildman–Crippen LogP) is 4.80. The first-order valence-corrected chi connectivity index (χ1v) is 9.69. The third-order valence-electron chi connectivity index (χ3n) is 4.20. The number of carbonyl (C=O) groups is 1. The standard InChI is InChI=1S/C18H28N2OS/c1-2-3-4-5-6-7-8-9-17(21)20-14-15-22-18(20)16-10-12-19-13-11-16/h10-13,18H,2-9,14-15H2,1H3. The van der Waals surface area contributed by atoms with Crippen LogP contribution in [0.25, 0.3) is 0 Å². The van der Waals surface area contributed by atoms with Crippen LogP contribution in [-0.4, -0.2) is 28.1 Å². The average Bonchev–Trinajstić information content (AvgIpc) is 3.04. The number of carbonyl (C=O) groups excluding carboxylic acids is 1. The van der Waals surface area contributed by atoms with E-state index in [9.17, 15) is 4.79 Å². The van der Waals surface area contributed by atoms with E-state index in [1.54, 1.807) is 0 Å². The Balaban J connectivity index is 1.70. The quantitative estimate of drug-likeness (QED) is 0.613. The van der Waals surface area contributed by atoms with Crippen molar-refractivity contribution in [3.8, 4) is 0 Å². The number of unbranched alkanes of at least 4 members (excludes halogenated alkanes) is 6. The lowest BCUT2D eigenvalue weighted by atomic mass is 10.1.